The maximum absolute atomic E-state index is 11.9. The summed E-state index contributed by atoms with van der Waals surface area (Å²) >= 11 is 0. The SMILES string of the molecule is CN(Cn1nc([N+](=O)[O-])n(CN(C)[N+](=O)[O-])c1=O)[N+](=O)[O-]. The summed E-state index contributed by atoms with van der Waals surface area (Å²) in [7, 11) is 2.02. The van der Waals surface area contributed by atoms with Crippen molar-refractivity contribution in [3.63, 3.8) is 0 Å². The van der Waals surface area contributed by atoms with E-state index < -0.39 is 40.0 Å². The number of hydrogen-bond donors (Lipinski definition) is 0. The summed E-state index contributed by atoms with van der Waals surface area (Å²) in [6.07, 6.45) is 0. The van der Waals surface area contributed by atoms with Crippen LogP contribution in [0.15, 0.2) is 4.79 Å². The van der Waals surface area contributed by atoms with Gasteiger partial charge in [-0.3, -0.25) is 0 Å². The molecule has 1 aromatic heterocycles. The predicted octanol–water partition coefficient (Wildman–Crippen LogP) is -1.88. The van der Waals surface area contributed by atoms with Gasteiger partial charge >= 0.3 is 11.6 Å². The number of aromatic nitrogens is 3. The average molecular weight is 306 g/mol. The highest BCUT2D eigenvalue weighted by Gasteiger charge is 2.29. The van der Waals surface area contributed by atoms with E-state index in [0.29, 0.717) is 19.3 Å². The molecular weight excluding hydrogens is 296 g/mol. The summed E-state index contributed by atoms with van der Waals surface area (Å²) in [5.41, 5.74) is -1.08. The first-order valence-corrected chi connectivity index (χ1v) is 5.18. The van der Waals surface area contributed by atoms with Crippen LogP contribution in [0.5, 0.6) is 0 Å². The van der Waals surface area contributed by atoms with Crippen LogP contribution in [0.2, 0.25) is 0 Å². The van der Waals surface area contributed by atoms with E-state index in [2.05, 4.69) is 5.10 Å². The standard InChI is InChI=1S/C6H10N8O7/c1-8(13(18)19)3-10-5(12(16)17)7-11(6(10)15)4-9(2)14(20)21/h3-4H2,1-2H3. The lowest BCUT2D eigenvalue weighted by Gasteiger charge is -2.06. The number of hydrogen-bond acceptors (Lipinski definition) is 8. The van der Waals surface area contributed by atoms with E-state index in [1.54, 1.807) is 0 Å². The fourth-order valence-corrected chi connectivity index (χ4v) is 1.28. The van der Waals surface area contributed by atoms with Crippen molar-refractivity contribution in [2.24, 2.45) is 0 Å². The fourth-order valence-electron chi connectivity index (χ4n) is 1.28. The molecule has 0 saturated carbocycles. The summed E-state index contributed by atoms with van der Waals surface area (Å²) in [6, 6.07) is 0. The Morgan fingerprint density at radius 3 is 1.95 bits per heavy atom. The normalized spacial score (nSPS) is 10.2. The topological polar surface area (TPSA) is 176 Å². The first-order valence-electron chi connectivity index (χ1n) is 5.18. The molecule has 1 heterocycles. The van der Waals surface area contributed by atoms with Crippen molar-refractivity contribution >= 4 is 5.95 Å². The summed E-state index contributed by atoms with van der Waals surface area (Å²) in [5, 5.41) is 34.2. The number of hydrazine groups is 2. The molecule has 0 atom stereocenters. The first kappa shape index (κ1) is 15.8. The molecule has 0 bridgehead atoms. The molecule has 116 valence electrons. The van der Waals surface area contributed by atoms with Crippen LogP contribution in [-0.2, 0) is 13.3 Å². The summed E-state index contributed by atoms with van der Waals surface area (Å²) in [5.74, 6) is -0.953. The number of nitro groups is 3. The van der Waals surface area contributed by atoms with E-state index >= 15 is 0 Å². The minimum Gasteiger partial charge on any atom is -0.390 e. The van der Waals surface area contributed by atoms with Gasteiger partial charge in [-0.05, 0) is 4.92 Å². The number of rotatable bonds is 7. The van der Waals surface area contributed by atoms with Gasteiger partial charge in [-0.2, -0.15) is 0 Å². The lowest BCUT2D eigenvalue weighted by atomic mass is 10.8. The highest BCUT2D eigenvalue weighted by atomic mass is 16.7. The Kier molecular flexibility index (Phi) is 4.36. The predicted molar refractivity (Wildman–Crippen MR) is 62.7 cm³/mol. The molecule has 0 aliphatic heterocycles. The van der Waals surface area contributed by atoms with Gasteiger partial charge in [0.25, 0.3) is 0 Å². The van der Waals surface area contributed by atoms with Crippen molar-refractivity contribution in [1.82, 2.24) is 24.4 Å². The Labute approximate surface area is 115 Å². The van der Waals surface area contributed by atoms with Crippen molar-refractivity contribution in [1.29, 1.82) is 0 Å². The van der Waals surface area contributed by atoms with Gasteiger partial charge in [-0.1, -0.05) is 5.01 Å². The highest BCUT2D eigenvalue weighted by molar-refractivity contribution is 5.02. The van der Waals surface area contributed by atoms with Gasteiger partial charge in [-0.15, -0.1) is 14.3 Å². The Bertz CT molecular complexity index is 634. The van der Waals surface area contributed by atoms with Crippen LogP contribution in [-0.4, -0.2) is 53.4 Å². The third-order valence-corrected chi connectivity index (χ3v) is 2.31. The van der Waals surface area contributed by atoms with Crippen LogP contribution in [0, 0.1) is 30.3 Å². The molecule has 15 nitrogen and oxygen atoms in total. The minimum atomic E-state index is -1.08. The van der Waals surface area contributed by atoms with Gasteiger partial charge in [0.2, 0.25) is 6.67 Å². The van der Waals surface area contributed by atoms with Crippen molar-refractivity contribution in [2.75, 3.05) is 14.1 Å². The largest absolute Gasteiger partial charge is 0.461 e. The molecule has 1 aromatic rings. The molecule has 0 aromatic carbocycles. The smallest absolute Gasteiger partial charge is 0.390 e. The fraction of sp³-hybridized carbons (Fsp3) is 0.667. The second kappa shape index (κ2) is 5.80. The summed E-state index contributed by atoms with van der Waals surface area (Å²) in [6.45, 7) is -1.38. The monoisotopic (exact) mass is 306 g/mol. The van der Waals surface area contributed by atoms with E-state index in [-0.39, 0.29) is 0 Å². The van der Waals surface area contributed by atoms with Crippen molar-refractivity contribution in [2.45, 2.75) is 13.3 Å². The molecule has 0 saturated heterocycles. The molecule has 0 aliphatic carbocycles. The maximum atomic E-state index is 11.9. The average Bonchev–Trinajstić information content (AvgIpc) is 2.67. The number of nitrogens with zero attached hydrogens (tertiary/aromatic N) is 8. The first-order chi connectivity index (χ1) is 9.65. The molecule has 0 aliphatic rings. The third kappa shape index (κ3) is 3.39. The summed E-state index contributed by atoms with van der Waals surface area (Å²) in [4.78, 5) is 42.6. The van der Waals surface area contributed by atoms with Crippen LogP contribution in [0.4, 0.5) is 5.95 Å². The van der Waals surface area contributed by atoms with E-state index in [1.807, 2.05) is 0 Å². The molecule has 21 heavy (non-hydrogen) atoms. The van der Waals surface area contributed by atoms with Crippen LogP contribution < -0.4 is 5.69 Å². The van der Waals surface area contributed by atoms with E-state index in [1.165, 1.54) is 0 Å². The second-order valence-corrected chi connectivity index (χ2v) is 3.84. The van der Waals surface area contributed by atoms with Gasteiger partial charge in [0.1, 0.15) is 0 Å². The Morgan fingerprint density at radius 2 is 1.52 bits per heavy atom. The third-order valence-electron chi connectivity index (χ3n) is 2.31. The van der Waals surface area contributed by atoms with Crippen LogP contribution >= 0.6 is 0 Å². The maximum Gasteiger partial charge on any atom is 0.461 e. The lowest BCUT2D eigenvalue weighted by Crippen LogP contribution is -2.37. The Balaban J connectivity index is 3.20. The molecule has 0 fully saturated rings. The molecular formula is C6H10N8O7. The van der Waals surface area contributed by atoms with Crippen molar-refractivity contribution in [3.05, 3.63) is 40.8 Å². The Morgan fingerprint density at radius 1 is 1.05 bits per heavy atom. The van der Waals surface area contributed by atoms with Crippen LogP contribution in [0.25, 0.3) is 0 Å². The van der Waals surface area contributed by atoms with E-state index in [9.17, 15) is 35.1 Å². The molecule has 0 N–H and O–H groups in total. The zero-order valence-corrected chi connectivity index (χ0v) is 10.8. The van der Waals surface area contributed by atoms with Crippen LogP contribution in [0.3, 0.4) is 0 Å². The Hall–Kier alpha value is -3.26. The van der Waals surface area contributed by atoms with Gasteiger partial charge in [0.05, 0.1) is 14.1 Å². The molecule has 0 unspecified atom stereocenters. The minimum absolute atomic E-state index is 0.427. The zero-order chi connectivity index (χ0) is 16.3. The van der Waals surface area contributed by atoms with E-state index in [0.717, 1.165) is 14.1 Å². The molecule has 15 heteroatoms. The van der Waals surface area contributed by atoms with E-state index in [4.69, 9.17) is 0 Å². The van der Waals surface area contributed by atoms with Crippen molar-refractivity contribution < 1.29 is 15.0 Å². The molecule has 0 amide bonds. The van der Waals surface area contributed by atoms with Crippen LogP contribution in [0.1, 0.15) is 0 Å². The van der Waals surface area contributed by atoms with Gasteiger partial charge in [0.15, 0.2) is 16.7 Å². The van der Waals surface area contributed by atoms with Gasteiger partial charge in [-0.25, -0.2) is 25.0 Å². The molecule has 0 radical (unpaired) electrons. The zero-order valence-electron chi connectivity index (χ0n) is 10.8. The lowest BCUT2D eigenvalue weighted by molar-refractivity contribution is -0.657. The van der Waals surface area contributed by atoms with Gasteiger partial charge in [0, 0.05) is 5.10 Å². The van der Waals surface area contributed by atoms with Gasteiger partial charge < -0.3 is 10.1 Å². The van der Waals surface area contributed by atoms with Crippen molar-refractivity contribution in [3.8, 4) is 0 Å². The highest BCUT2D eigenvalue weighted by Crippen LogP contribution is 2.05. The second-order valence-electron chi connectivity index (χ2n) is 3.84. The quantitative estimate of drug-likeness (QED) is 0.409. The molecule has 1 rings (SSSR count). The summed E-state index contributed by atoms with van der Waals surface area (Å²) < 4.78 is 0.894. The molecule has 0 spiro atoms.